The minimum atomic E-state index is -0.379. The predicted octanol–water partition coefficient (Wildman–Crippen LogP) is 2.77. The van der Waals surface area contributed by atoms with Crippen LogP contribution in [-0.2, 0) is 9.53 Å². The van der Waals surface area contributed by atoms with Gasteiger partial charge in [0, 0.05) is 0 Å². The number of hydrogen-bond donors (Lipinski definition) is 0. The molecule has 4 bridgehead atoms. The highest BCUT2D eigenvalue weighted by atomic mass is 16.5. The second-order valence-electron chi connectivity index (χ2n) is 6.41. The van der Waals surface area contributed by atoms with Crippen molar-refractivity contribution >= 4 is 5.97 Å². The smallest absolute Gasteiger partial charge is 0.313 e. The fraction of sp³-hybridized carbons (Fsp3) is 0.800. The van der Waals surface area contributed by atoms with E-state index in [2.05, 4.69) is 5.92 Å². The maximum absolute atomic E-state index is 12.3. The predicted molar refractivity (Wildman–Crippen MR) is 65.0 cm³/mol. The van der Waals surface area contributed by atoms with E-state index in [1.807, 2.05) is 0 Å². The van der Waals surface area contributed by atoms with Crippen molar-refractivity contribution in [1.29, 1.82) is 0 Å². The zero-order chi connectivity index (χ0) is 12.0. The monoisotopic (exact) mass is 232 g/mol. The second kappa shape index (κ2) is 3.77. The van der Waals surface area contributed by atoms with Crippen LogP contribution in [0.5, 0.6) is 0 Å². The van der Waals surface area contributed by atoms with Crippen LogP contribution in [0.3, 0.4) is 0 Å². The molecule has 4 saturated carbocycles. The molecular weight excluding hydrogens is 212 g/mol. The Kier molecular flexibility index (Phi) is 2.47. The van der Waals surface area contributed by atoms with Gasteiger partial charge in [0.15, 0.2) is 6.10 Å². The summed E-state index contributed by atoms with van der Waals surface area (Å²) in [6.45, 7) is 1.78. The molecule has 2 heteroatoms. The van der Waals surface area contributed by atoms with Crippen molar-refractivity contribution < 1.29 is 9.53 Å². The van der Waals surface area contributed by atoms with Crippen LogP contribution >= 0.6 is 0 Å². The van der Waals surface area contributed by atoms with Gasteiger partial charge in [0.05, 0.1) is 5.41 Å². The lowest BCUT2D eigenvalue weighted by Crippen LogP contribution is -2.51. The van der Waals surface area contributed by atoms with Crippen LogP contribution in [0.4, 0.5) is 0 Å². The van der Waals surface area contributed by atoms with Crippen molar-refractivity contribution in [1.82, 2.24) is 0 Å². The molecule has 0 aromatic carbocycles. The Morgan fingerprint density at radius 2 is 1.71 bits per heavy atom. The SMILES string of the molecule is C#C[C@@H](C)OC(=O)C12CC3CC(CC(C3)C1)C2. The highest BCUT2D eigenvalue weighted by Gasteiger charge is 2.55. The molecule has 0 unspecified atom stereocenters. The molecule has 0 amide bonds. The van der Waals surface area contributed by atoms with Gasteiger partial charge in [-0.05, 0) is 63.2 Å². The largest absolute Gasteiger partial charge is 0.449 e. The number of carbonyl (C=O) groups excluding carboxylic acids is 1. The topological polar surface area (TPSA) is 26.3 Å². The molecule has 92 valence electrons. The van der Waals surface area contributed by atoms with E-state index in [0.717, 1.165) is 37.0 Å². The lowest BCUT2D eigenvalue weighted by atomic mass is 9.49. The Bertz CT molecular complexity index is 342. The van der Waals surface area contributed by atoms with Crippen molar-refractivity contribution in [3.63, 3.8) is 0 Å². The van der Waals surface area contributed by atoms with Crippen molar-refractivity contribution in [3.05, 3.63) is 0 Å². The summed E-state index contributed by atoms with van der Waals surface area (Å²) in [6.07, 6.45) is 12.1. The fourth-order valence-corrected chi connectivity index (χ4v) is 4.68. The zero-order valence-electron chi connectivity index (χ0n) is 10.4. The number of hydrogen-bond acceptors (Lipinski definition) is 2. The van der Waals surface area contributed by atoms with Crippen LogP contribution in [0.1, 0.15) is 45.4 Å². The summed E-state index contributed by atoms with van der Waals surface area (Å²) in [6, 6.07) is 0. The highest BCUT2D eigenvalue weighted by Crippen LogP contribution is 2.60. The Hall–Kier alpha value is -0.970. The van der Waals surface area contributed by atoms with E-state index in [1.165, 1.54) is 19.3 Å². The first-order valence-corrected chi connectivity index (χ1v) is 6.78. The first-order valence-electron chi connectivity index (χ1n) is 6.78. The average molecular weight is 232 g/mol. The van der Waals surface area contributed by atoms with Crippen molar-refractivity contribution in [2.75, 3.05) is 0 Å². The molecule has 0 radical (unpaired) electrons. The number of ether oxygens (including phenoxy) is 1. The number of rotatable bonds is 2. The van der Waals surface area contributed by atoms with E-state index in [0.29, 0.717) is 0 Å². The Labute approximate surface area is 103 Å². The van der Waals surface area contributed by atoms with Gasteiger partial charge in [-0.25, -0.2) is 0 Å². The number of terminal acetylenes is 1. The van der Waals surface area contributed by atoms with Gasteiger partial charge in [0.25, 0.3) is 0 Å². The van der Waals surface area contributed by atoms with E-state index < -0.39 is 0 Å². The van der Waals surface area contributed by atoms with E-state index in [4.69, 9.17) is 11.2 Å². The molecule has 4 rings (SSSR count). The third-order valence-corrected chi connectivity index (χ3v) is 4.99. The molecule has 0 aliphatic heterocycles. The van der Waals surface area contributed by atoms with E-state index in [-0.39, 0.29) is 17.5 Å². The van der Waals surface area contributed by atoms with Crippen LogP contribution in [-0.4, -0.2) is 12.1 Å². The molecular formula is C15H20O2. The van der Waals surface area contributed by atoms with Crippen LogP contribution in [0.15, 0.2) is 0 Å². The summed E-state index contributed by atoms with van der Waals surface area (Å²) in [5, 5.41) is 0. The first-order chi connectivity index (χ1) is 8.11. The summed E-state index contributed by atoms with van der Waals surface area (Å²) in [4.78, 5) is 12.3. The molecule has 1 atom stereocenters. The molecule has 0 N–H and O–H groups in total. The summed E-state index contributed by atoms with van der Waals surface area (Å²) in [5.74, 6) is 4.79. The Morgan fingerprint density at radius 1 is 1.24 bits per heavy atom. The summed E-state index contributed by atoms with van der Waals surface area (Å²) >= 11 is 0. The van der Waals surface area contributed by atoms with Gasteiger partial charge in [0.2, 0.25) is 0 Å². The molecule has 17 heavy (non-hydrogen) atoms. The van der Waals surface area contributed by atoms with Gasteiger partial charge in [-0.15, -0.1) is 6.42 Å². The van der Waals surface area contributed by atoms with E-state index >= 15 is 0 Å². The quantitative estimate of drug-likeness (QED) is 0.540. The number of esters is 1. The zero-order valence-corrected chi connectivity index (χ0v) is 10.4. The minimum absolute atomic E-state index is 0.0120. The molecule has 4 fully saturated rings. The Balaban J connectivity index is 1.78. The molecule has 4 aliphatic carbocycles. The normalized spacial score (nSPS) is 44.1. The molecule has 2 nitrogen and oxygen atoms in total. The van der Waals surface area contributed by atoms with Crippen LogP contribution in [0.2, 0.25) is 0 Å². The maximum atomic E-state index is 12.3. The Morgan fingerprint density at radius 3 is 2.12 bits per heavy atom. The second-order valence-corrected chi connectivity index (χ2v) is 6.41. The van der Waals surface area contributed by atoms with Crippen molar-refractivity contribution in [2.24, 2.45) is 23.2 Å². The molecule has 0 aromatic rings. The highest BCUT2D eigenvalue weighted by molar-refractivity contribution is 5.78. The van der Waals surface area contributed by atoms with Gasteiger partial charge < -0.3 is 4.74 Å². The van der Waals surface area contributed by atoms with Gasteiger partial charge in [-0.3, -0.25) is 4.79 Å². The fourth-order valence-electron chi connectivity index (χ4n) is 4.68. The van der Waals surface area contributed by atoms with Gasteiger partial charge in [-0.1, -0.05) is 5.92 Å². The average Bonchev–Trinajstić information content (AvgIpc) is 2.26. The molecule has 0 saturated heterocycles. The standard InChI is InChI=1S/C15H20O2/c1-3-10(2)17-14(16)15-7-11-4-12(8-15)6-13(5-11)9-15/h1,10-13H,4-9H2,2H3/t10-,11?,12?,13?,15?/m1/s1. The lowest BCUT2D eigenvalue weighted by Gasteiger charge is -2.55. The first kappa shape index (κ1) is 11.1. The molecule has 0 aromatic heterocycles. The van der Waals surface area contributed by atoms with Crippen LogP contribution in [0.25, 0.3) is 0 Å². The van der Waals surface area contributed by atoms with E-state index in [9.17, 15) is 4.79 Å². The van der Waals surface area contributed by atoms with Crippen molar-refractivity contribution in [3.8, 4) is 12.3 Å². The third kappa shape index (κ3) is 1.76. The maximum Gasteiger partial charge on any atom is 0.313 e. The van der Waals surface area contributed by atoms with Crippen molar-refractivity contribution in [2.45, 2.75) is 51.6 Å². The van der Waals surface area contributed by atoms with Gasteiger partial charge in [0.1, 0.15) is 0 Å². The van der Waals surface area contributed by atoms with Crippen LogP contribution in [0, 0.1) is 35.5 Å². The van der Waals surface area contributed by atoms with Gasteiger partial charge >= 0.3 is 5.97 Å². The van der Waals surface area contributed by atoms with E-state index in [1.54, 1.807) is 6.92 Å². The third-order valence-electron chi connectivity index (χ3n) is 4.99. The molecule has 0 spiro atoms. The van der Waals surface area contributed by atoms with Gasteiger partial charge in [-0.2, -0.15) is 0 Å². The number of carbonyl (C=O) groups is 1. The summed E-state index contributed by atoms with van der Waals surface area (Å²) in [7, 11) is 0. The molecule has 4 aliphatic rings. The molecule has 0 heterocycles. The minimum Gasteiger partial charge on any atom is -0.449 e. The summed E-state index contributed by atoms with van der Waals surface area (Å²) < 4.78 is 5.41. The summed E-state index contributed by atoms with van der Waals surface area (Å²) in [5.41, 5.74) is -0.167. The lowest BCUT2D eigenvalue weighted by molar-refractivity contribution is -0.173. The van der Waals surface area contributed by atoms with Crippen LogP contribution < -0.4 is 0 Å².